The van der Waals surface area contributed by atoms with E-state index in [0.717, 1.165) is 55.8 Å². The van der Waals surface area contributed by atoms with Crippen molar-refractivity contribution in [2.24, 2.45) is 0 Å². The lowest BCUT2D eigenvalue weighted by Gasteiger charge is -2.34. The van der Waals surface area contributed by atoms with E-state index in [0.29, 0.717) is 12.0 Å². The molecule has 5 nitrogen and oxygen atoms in total. The molecule has 2 heterocycles. The van der Waals surface area contributed by atoms with Crippen LogP contribution in [0.15, 0.2) is 12.1 Å². The first-order chi connectivity index (χ1) is 12.9. The Morgan fingerprint density at radius 1 is 1.00 bits per heavy atom. The number of rotatable bonds is 3. The van der Waals surface area contributed by atoms with Crippen LogP contribution in [0.5, 0.6) is 0 Å². The molecule has 2 aromatic rings. The molecule has 1 aliphatic heterocycles. The van der Waals surface area contributed by atoms with Crippen LogP contribution in [0.4, 0.5) is 17.5 Å². The molecule has 1 fully saturated rings. The van der Waals surface area contributed by atoms with Crippen molar-refractivity contribution < 1.29 is 5.11 Å². The van der Waals surface area contributed by atoms with Gasteiger partial charge in [0.15, 0.2) is 0 Å². The van der Waals surface area contributed by atoms with Gasteiger partial charge in [-0.05, 0) is 70.9 Å². The first kappa shape index (κ1) is 18.2. The van der Waals surface area contributed by atoms with E-state index < -0.39 is 0 Å². The number of fused-ring (bicyclic) bond motifs is 1. The van der Waals surface area contributed by atoms with Gasteiger partial charge in [-0.1, -0.05) is 17.7 Å². The molecule has 0 saturated heterocycles. The van der Waals surface area contributed by atoms with E-state index in [1.165, 1.54) is 22.3 Å². The lowest BCUT2D eigenvalue weighted by Crippen LogP contribution is -2.38. The van der Waals surface area contributed by atoms with Gasteiger partial charge in [0, 0.05) is 29.5 Å². The number of aliphatic hydroxyl groups excluding tert-OH is 1. The predicted molar refractivity (Wildman–Crippen MR) is 110 cm³/mol. The highest BCUT2D eigenvalue weighted by Gasteiger charge is 2.32. The maximum atomic E-state index is 9.83. The summed E-state index contributed by atoms with van der Waals surface area (Å²) in [6.07, 6.45) is 4.77. The summed E-state index contributed by atoms with van der Waals surface area (Å²) in [5.74, 6) is 1.78. The fourth-order valence-electron chi connectivity index (χ4n) is 4.72. The van der Waals surface area contributed by atoms with Crippen molar-refractivity contribution in [1.82, 2.24) is 9.97 Å². The van der Waals surface area contributed by atoms with Crippen molar-refractivity contribution in [2.45, 2.75) is 71.9 Å². The van der Waals surface area contributed by atoms with E-state index >= 15 is 0 Å². The number of anilines is 3. The van der Waals surface area contributed by atoms with Crippen LogP contribution in [0, 0.1) is 27.7 Å². The molecule has 0 radical (unpaired) electrons. The smallest absolute Gasteiger partial charge is 0.229 e. The van der Waals surface area contributed by atoms with Gasteiger partial charge in [0.2, 0.25) is 5.95 Å². The zero-order valence-electron chi connectivity index (χ0n) is 16.8. The van der Waals surface area contributed by atoms with Crippen LogP contribution < -0.4 is 10.2 Å². The molecule has 5 heteroatoms. The number of aryl methyl sites for hydroxylation is 4. The molecule has 144 valence electrons. The lowest BCUT2D eigenvalue weighted by molar-refractivity contribution is 0.122. The molecule has 2 N–H and O–H groups in total. The molecule has 2 aliphatic rings. The van der Waals surface area contributed by atoms with Gasteiger partial charge in [-0.15, -0.1) is 0 Å². The Morgan fingerprint density at radius 3 is 2.33 bits per heavy atom. The summed E-state index contributed by atoms with van der Waals surface area (Å²) in [6.45, 7) is 9.48. The Kier molecular flexibility index (Phi) is 4.81. The van der Waals surface area contributed by atoms with Crippen LogP contribution in [0.3, 0.4) is 0 Å². The van der Waals surface area contributed by atoms with Gasteiger partial charge in [0.1, 0.15) is 5.82 Å². The Balaban J connectivity index is 1.64. The van der Waals surface area contributed by atoms with Crippen molar-refractivity contribution >= 4 is 17.5 Å². The van der Waals surface area contributed by atoms with E-state index in [9.17, 15) is 5.11 Å². The van der Waals surface area contributed by atoms with Crippen LogP contribution >= 0.6 is 0 Å². The Morgan fingerprint density at radius 2 is 1.67 bits per heavy atom. The zero-order chi connectivity index (χ0) is 19.1. The van der Waals surface area contributed by atoms with Crippen LogP contribution in [-0.4, -0.2) is 33.8 Å². The van der Waals surface area contributed by atoms with Gasteiger partial charge in [-0.3, -0.25) is 0 Å². The van der Waals surface area contributed by atoms with Crippen molar-refractivity contribution in [3.8, 4) is 0 Å². The molecule has 1 aromatic carbocycles. The summed E-state index contributed by atoms with van der Waals surface area (Å²) < 4.78 is 0. The second kappa shape index (κ2) is 7.12. The number of nitrogens with one attached hydrogen (secondary N) is 1. The molecule has 1 aromatic heterocycles. The minimum atomic E-state index is -0.125. The molecule has 27 heavy (non-hydrogen) atoms. The van der Waals surface area contributed by atoms with Gasteiger partial charge in [-0.25, -0.2) is 4.98 Å². The van der Waals surface area contributed by atoms with Gasteiger partial charge < -0.3 is 15.3 Å². The summed E-state index contributed by atoms with van der Waals surface area (Å²) >= 11 is 0. The van der Waals surface area contributed by atoms with Crippen LogP contribution in [-0.2, 0) is 6.42 Å². The summed E-state index contributed by atoms with van der Waals surface area (Å²) in [4.78, 5) is 12.1. The molecular formula is C22H30N4O. The number of hydrogen-bond acceptors (Lipinski definition) is 5. The number of benzene rings is 1. The molecule has 0 bridgehead atoms. The second-order valence-electron chi connectivity index (χ2n) is 8.24. The fourth-order valence-corrected chi connectivity index (χ4v) is 4.72. The topological polar surface area (TPSA) is 61.3 Å². The molecule has 0 unspecified atom stereocenters. The highest BCUT2D eigenvalue weighted by Crippen LogP contribution is 2.35. The Hall–Kier alpha value is -2.14. The number of aromatic nitrogens is 2. The minimum Gasteiger partial charge on any atom is -0.393 e. The molecule has 0 atom stereocenters. The molecule has 0 spiro atoms. The molecule has 4 rings (SSSR count). The quantitative estimate of drug-likeness (QED) is 0.856. The monoisotopic (exact) mass is 366 g/mol. The van der Waals surface area contributed by atoms with E-state index in [4.69, 9.17) is 9.97 Å². The van der Waals surface area contributed by atoms with Crippen LogP contribution in [0.2, 0.25) is 0 Å². The number of nitrogens with zero attached hydrogens (tertiary/aromatic N) is 3. The summed E-state index contributed by atoms with van der Waals surface area (Å²) in [7, 11) is 0. The zero-order valence-corrected chi connectivity index (χ0v) is 16.8. The first-order valence-electron chi connectivity index (χ1n) is 10.1. The highest BCUT2D eigenvalue weighted by atomic mass is 16.3. The van der Waals surface area contributed by atoms with E-state index in [-0.39, 0.29) is 6.10 Å². The van der Waals surface area contributed by atoms with Crippen molar-refractivity contribution in [1.29, 1.82) is 0 Å². The van der Waals surface area contributed by atoms with E-state index in [1.54, 1.807) is 0 Å². The van der Waals surface area contributed by atoms with Gasteiger partial charge in [-0.2, -0.15) is 4.98 Å². The third kappa shape index (κ3) is 3.53. The van der Waals surface area contributed by atoms with Crippen LogP contribution in [0.25, 0.3) is 0 Å². The number of aliphatic hydroxyl groups is 1. The Bertz CT molecular complexity index is 833. The second-order valence-corrected chi connectivity index (χ2v) is 8.24. The largest absolute Gasteiger partial charge is 0.393 e. The lowest BCUT2D eigenvalue weighted by atomic mass is 9.92. The third-order valence-corrected chi connectivity index (χ3v) is 6.09. The van der Waals surface area contributed by atoms with Gasteiger partial charge in [0.05, 0.1) is 6.10 Å². The predicted octanol–water partition coefficient (Wildman–Crippen LogP) is 4.12. The normalized spacial score (nSPS) is 22.0. The van der Waals surface area contributed by atoms with Crippen molar-refractivity contribution in [3.63, 3.8) is 0 Å². The van der Waals surface area contributed by atoms with Gasteiger partial charge >= 0.3 is 0 Å². The van der Waals surface area contributed by atoms with E-state index in [1.807, 2.05) is 0 Å². The average Bonchev–Trinajstić information content (AvgIpc) is 3.03. The molecule has 1 aliphatic carbocycles. The number of hydrogen-bond donors (Lipinski definition) is 2. The SMILES string of the molecule is Cc1cc(C)c(Nc2nc(C)c3c(n2)N(C2CCC(O)CC2)CC3)c(C)c1. The van der Waals surface area contributed by atoms with E-state index in [2.05, 4.69) is 50.0 Å². The minimum absolute atomic E-state index is 0.125. The maximum absolute atomic E-state index is 9.83. The summed E-state index contributed by atoms with van der Waals surface area (Å²) in [5.41, 5.74) is 7.16. The molecule has 0 amide bonds. The average molecular weight is 367 g/mol. The Labute approximate surface area is 161 Å². The molecular weight excluding hydrogens is 336 g/mol. The van der Waals surface area contributed by atoms with Crippen molar-refractivity contribution in [2.75, 3.05) is 16.8 Å². The van der Waals surface area contributed by atoms with Gasteiger partial charge in [0.25, 0.3) is 0 Å². The highest BCUT2D eigenvalue weighted by molar-refractivity contribution is 5.66. The maximum Gasteiger partial charge on any atom is 0.229 e. The first-order valence-corrected chi connectivity index (χ1v) is 10.1. The van der Waals surface area contributed by atoms with Crippen molar-refractivity contribution in [3.05, 3.63) is 40.1 Å². The third-order valence-electron chi connectivity index (χ3n) is 6.09. The van der Waals surface area contributed by atoms with Crippen LogP contribution in [0.1, 0.15) is 53.6 Å². The summed E-state index contributed by atoms with van der Waals surface area (Å²) in [6, 6.07) is 4.87. The fraction of sp³-hybridized carbons (Fsp3) is 0.545. The standard InChI is InChI=1S/C22H30N4O/c1-13-11-14(2)20(15(3)12-13)24-22-23-16(4)19-9-10-26(21(19)25-22)17-5-7-18(27)8-6-17/h11-12,17-18,27H,5-10H2,1-4H3,(H,23,24,25). The summed E-state index contributed by atoms with van der Waals surface area (Å²) in [5, 5.41) is 13.3. The molecule has 1 saturated carbocycles.